The number of carbonyl (C=O) groups excluding carboxylic acids is 1. The Morgan fingerprint density at radius 2 is 1.80 bits per heavy atom. The molecule has 2 bridgehead atoms. The lowest BCUT2D eigenvalue weighted by Gasteiger charge is -2.30. The molecule has 0 spiro atoms. The molecule has 3 aliphatic carbocycles. The lowest BCUT2D eigenvalue weighted by Crippen LogP contribution is -2.33. The first kappa shape index (κ1) is 10.5. The first-order valence-corrected chi connectivity index (χ1v) is 6.12. The second kappa shape index (κ2) is 2.76. The molecule has 0 aliphatic heterocycles. The Bertz CT molecular complexity index is 441. The highest BCUT2D eigenvalue weighted by atomic mass is 35.5. The Morgan fingerprint density at radius 1 is 1.20 bits per heavy atom. The van der Waals surface area contributed by atoms with Crippen LogP contribution < -0.4 is 0 Å². The van der Waals surface area contributed by atoms with E-state index in [0.717, 1.165) is 6.42 Å². The van der Waals surface area contributed by atoms with Gasteiger partial charge >= 0.3 is 0 Å². The minimum absolute atomic E-state index is 0.0424. The normalized spacial score (nSPS) is 51.9. The third-order valence-electron chi connectivity index (χ3n) is 3.63. The molecule has 0 N–H and O–H groups in total. The average Bonchev–Trinajstić information content (AvgIpc) is 2.79. The molecular formula is C10H6Cl4O. The second-order valence-electron chi connectivity index (χ2n) is 4.18. The Morgan fingerprint density at radius 3 is 2.47 bits per heavy atom. The van der Waals surface area contributed by atoms with Gasteiger partial charge in [-0.15, -0.1) is 23.2 Å². The second-order valence-corrected chi connectivity index (χ2v) is 6.13. The van der Waals surface area contributed by atoms with Crippen molar-refractivity contribution in [3.63, 3.8) is 0 Å². The summed E-state index contributed by atoms with van der Waals surface area (Å²) in [4.78, 5) is 9.74. The minimum Gasteiger partial charge on any atom is -0.295 e. The number of hydrogen-bond donors (Lipinski definition) is 0. The Balaban J connectivity index is 2.30. The minimum atomic E-state index is -1.21. The maximum absolute atomic E-state index is 12.1. The maximum atomic E-state index is 12.1. The van der Waals surface area contributed by atoms with Gasteiger partial charge in [0.05, 0.1) is 10.1 Å². The van der Waals surface area contributed by atoms with Crippen LogP contribution in [0.5, 0.6) is 0 Å². The van der Waals surface area contributed by atoms with E-state index in [0.29, 0.717) is 0 Å². The summed E-state index contributed by atoms with van der Waals surface area (Å²) in [6.07, 6.45) is 4.63. The zero-order valence-electron chi connectivity index (χ0n) is 7.44. The summed E-state index contributed by atoms with van der Waals surface area (Å²) < 4.78 is 0. The number of carbonyl (C=O) groups is 1. The van der Waals surface area contributed by atoms with Crippen LogP contribution in [0.15, 0.2) is 22.2 Å². The van der Waals surface area contributed by atoms with E-state index in [9.17, 15) is 4.79 Å². The van der Waals surface area contributed by atoms with Crippen molar-refractivity contribution in [2.75, 3.05) is 0 Å². The van der Waals surface area contributed by atoms with E-state index in [-0.39, 0.29) is 27.7 Å². The summed E-state index contributed by atoms with van der Waals surface area (Å²) >= 11 is 24.7. The van der Waals surface area contributed by atoms with E-state index in [4.69, 9.17) is 46.4 Å². The van der Waals surface area contributed by atoms with E-state index < -0.39 is 9.75 Å². The van der Waals surface area contributed by atoms with Crippen molar-refractivity contribution in [1.29, 1.82) is 0 Å². The van der Waals surface area contributed by atoms with Gasteiger partial charge in [0.1, 0.15) is 9.75 Å². The van der Waals surface area contributed by atoms with Gasteiger partial charge in [-0.1, -0.05) is 35.4 Å². The van der Waals surface area contributed by atoms with Gasteiger partial charge in [0.25, 0.3) is 0 Å². The fourth-order valence-corrected chi connectivity index (χ4v) is 4.70. The Labute approximate surface area is 107 Å². The molecule has 0 aromatic rings. The van der Waals surface area contributed by atoms with Crippen LogP contribution in [0.2, 0.25) is 0 Å². The van der Waals surface area contributed by atoms with Crippen LogP contribution in [0.4, 0.5) is 0 Å². The van der Waals surface area contributed by atoms with Gasteiger partial charge in [0, 0.05) is 11.8 Å². The number of ketones is 1. The number of rotatable bonds is 0. The molecule has 3 rings (SSSR count). The molecule has 5 heteroatoms. The van der Waals surface area contributed by atoms with Crippen molar-refractivity contribution in [3.05, 3.63) is 22.2 Å². The molecule has 1 saturated carbocycles. The quantitative estimate of drug-likeness (QED) is 0.492. The molecule has 0 aromatic heterocycles. The first-order valence-electron chi connectivity index (χ1n) is 4.60. The molecule has 15 heavy (non-hydrogen) atoms. The highest BCUT2D eigenvalue weighted by molar-refractivity contribution is 6.62. The molecule has 3 aliphatic rings. The maximum Gasteiger partial charge on any atom is 0.186 e. The molecule has 0 aromatic carbocycles. The number of Topliss-reactive ketones (excluding diaryl/α,β-unsaturated/α-hetero) is 1. The first-order chi connectivity index (χ1) is 6.95. The fourth-order valence-electron chi connectivity index (χ4n) is 2.88. The van der Waals surface area contributed by atoms with Gasteiger partial charge in [-0.3, -0.25) is 4.79 Å². The topological polar surface area (TPSA) is 17.1 Å². The fraction of sp³-hybridized carbons (Fsp3) is 0.500. The van der Waals surface area contributed by atoms with Gasteiger partial charge in [0.2, 0.25) is 0 Å². The lowest BCUT2D eigenvalue weighted by molar-refractivity contribution is -0.119. The predicted octanol–water partition coefficient (Wildman–Crippen LogP) is 3.42. The number of alkyl halides is 2. The van der Waals surface area contributed by atoms with Crippen LogP contribution in [-0.2, 0) is 4.79 Å². The smallest absolute Gasteiger partial charge is 0.186 e. The zero-order valence-corrected chi connectivity index (χ0v) is 10.5. The molecular weight excluding hydrogens is 278 g/mol. The molecule has 0 heterocycles. The number of hydrogen-bond acceptors (Lipinski definition) is 1. The van der Waals surface area contributed by atoms with Crippen molar-refractivity contribution in [2.45, 2.75) is 16.2 Å². The lowest BCUT2D eigenvalue weighted by atomic mass is 9.84. The molecule has 4 atom stereocenters. The van der Waals surface area contributed by atoms with Gasteiger partial charge in [-0.2, -0.15) is 0 Å². The highest BCUT2D eigenvalue weighted by Crippen LogP contribution is 2.67. The summed E-state index contributed by atoms with van der Waals surface area (Å²) in [5.41, 5.74) is 0. The van der Waals surface area contributed by atoms with Crippen molar-refractivity contribution >= 4 is 52.2 Å². The summed E-state index contributed by atoms with van der Waals surface area (Å²) in [6, 6.07) is 0. The van der Waals surface area contributed by atoms with Gasteiger partial charge in [0.15, 0.2) is 5.78 Å². The molecule has 0 amide bonds. The summed E-state index contributed by atoms with van der Waals surface area (Å²) in [6.45, 7) is 0. The SMILES string of the molecule is O=C1[C@@]2(Cl)C(Cl)=C(Cl)[C@@]1(Cl)[C@@H]1CC=C[C@H]12. The van der Waals surface area contributed by atoms with Crippen LogP contribution in [0.1, 0.15) is 6.42 Å². The third-order valence-corrected chi connectivity index (χ3v) is 6.15. The van der Waals surface area contributed by atoms with Gasteiger partial charge in [-0.05, 0) is 6.42 Å². The molecule has 0 saturated heterocycles. The van der Waals surface area contributed by atoms with Crippen LogP contribution in [0, 0.1) is 11.8 Å². The average molecular weight is 284 g/mol. The van der Waals surface area contributed by atoms with Crippen molar-refractivity contribution in [1.82, 2.24) is 0 Å². The number of allylic oxidation sites excluding steroid dienone is 4. The number of halogens is 4. The third kappa shape index (κ3) is 0.857. The molecule has 1 nitrogen and oxygen atoms in total. The van der Waals surface area contributed by atoms with Crippen molar-refractivity contribution in [3.8, 4) is 0 Å². The van der Waals surface area contributed by atoms with Crippen LogP contribution in [0.3, 0.4) is 0 Å². The molecule has 0 unspecified atom stereocenters. The van der Waals surface area contributed by atoms with Crippen molar-refractivity contribution in [2.24, 2.45) is 11.8 Å². The van der Waals surface area contributed by atoms with E-state index in [2.05, 4.69) is 0 Å². The Hall–Kier alpha value is 0.310. The summed E-state index contributed by atoms with van der Waals surface area (Å²) in [5.74, 6) is -0.411. The standard InChI is InChI=1S/C10H6Cl4O/c11-6-7(12)10(14)5-3-1-2-4(5)9(6,13)8(10)15/h1-2,4-5H,3H2/t4-,5-,9+,10+/m1/s1. The van der Waals surface area contributed by atoms with E-state index in [1.165, 1.54) is 0 Å². The predicted molar refractivity (Wildman–Crippen MR) is 61.6 cm³/mol. The van der Waals surface area contributed by atoms with E-state index in [1.54, 1.807) is 0 Å². The zero-order chi connectivity index (χ0) is 11.0. The van der Waals surface area contributed by atoms with Crippen LogP contribution in [-0.4, -0.2) is 15.5 Å². The van der Waals surface area contributed by atoms with Crippen LogP contribution in [0.25, 0.3) is 0 Å². The Kier molecular flexibility index (Phi) is 1.92. The summed E-state index contributed by atoms with van der Waals surface area (Å²) in [5, 5.41) is 0.425. The molecule has 1 fully saturated rings. The van der Waals surface area contributed by atoms with Gasteiger partial charge < -0.3 is 0 Å². The van der Waals surface area contributed by atoms with E-state index >= 15 is 0 Å². The van der Waals surface area contributed by atoms with Crippen molar-refractivity contribution < 1.29 is 4.79 Å². The molecule has 80 valence electrons. The number of fused-ring (bicyclic) bond motifs is 5. The van der Waals surface area contributed by atoms with Gasteiger partial charge in [-0.25, -0.2) is 0 Å². The van der Waals surface area contributed by atoms with Crippen LogP contribution >= 0.6 is 46.4 Å². The van der Waals surface area contributed by atoms with E-state index in [1.807, 2.05) is 12.2 Å². The largest absolute Gasteiger partial charge is 0.295 e. The monoisotopic (exact) mass is 282 g/mol. The highest BCUT2D eigenvalue weighted by Gasteiger charge is 2.74. The summed E-state index contributed by atoms with van der Waals surface area (Å²) in [7, 11) is 0. The molecule has 0 radical (unpaired) electrons.